The molecule has 27 heavy (non-hydrogen) atoms. The lowest BCUT2D eigenvalue weighted by molar-refractivity contribution is 0.0983. The summed E-state index contributed by atoms with van der Waals surface area (Å²) in [5.74, 6) is 0.647. The van der Waals surface area contributed by atoms with E-state index in [0.29, 0.717) is 17.2 Å². The van der Waals surface area contributed by atoms with Crippen LogP contribution in [0.25, 0.3) is 10.2 Å². The minimum Gasteiger partial charge on any atom is -0.467 e. The molecule has 2 heterocycles. The lowest BCUT2D eigenvalue weighted by atomic mass is 10.1. The van der Waals surface area contributed by atoms with Gasteiger partial charge < -0.3 is 4.42 Å². The number of para-hydroxylation sites is 1. The van der Waals surface area contributed by atoms with Crippen LogP contribution in [-0.4, -0.2) is 10.9 Å². The maximum absolute atomic E-state index is 13.3. The average molecular weight is 376 g/mol. The fraction of sp³-hybridized carbons (Fsp3) is 0.182. The number of anilines is 1. The van der Waals surface area contributed by atoms with Crippen molar-refractivity contribution in [3.8, 4) is 0 Å². The number of carbonyl (C=O) groups excluding carboxylic acids is 1. The molecule has 0 saturated carbocycles. The summed E-state index contributed by atoms with van der Waals surface area (Å²) in [6.45, 7) is 4.47. The fourth-order valence-electron chi connectivity index (χ4n) is 3.03. The summed E-state index contributed by atoms with van der Waals surface area (Å²) in [7, 11) is 0. The summed E-state index contributed by atoms with van der Waals surface area (Å²) in [6, 6.07) is 17.5. The summed E-state index contributed by atoms with van der Waals surface area (Å²) in [5, 5.41) is 0.688. The maximum Gasteiger partial charge on any atom is 0.260 e. The van der Waals surface area contributed by atoms with Gasteiger partial charge in [0.15, 0.2) is 5.13 Å². The topological polar surface area (TPSA) is 46.3 Å². The third-order valence-corrected chi connectivity index (χ3v) is 5.58. The van der Waals surface area contributed by atoms with Crippen LogP contribution in [0.5, 0.6) is 0 Å². The Labute approximate surface area is 162 Å². The average Bonchev–Trinajstić information content (AvgIpc) is 3.35. The van der Waals surface area contributed by atoms with E-state index in [1.807, 2.05) is 49.4 Å². The van der Waals surface area contributed by atoms with Crippen molar-refractivity contribution < 1.29 is 9.21 Å². The van der Waals surface area contributed by atoms with Crippen LogP contribution in [-0.2, 0) is 13.0 Å². The molecule has 0 atom stereocenters. The van der Waals surface area contributed by atoms with E-state index in [1.165, 1.54) is 16.9 Å². The number of rotatable bonds is 5. The van der Waals surface area contributed by atoms with Crippen LogP contribution in [0.1, 0.15) is 34.2 Å². The highest BCUT2D eigenvalue weighted by atomic mass is 32.1. The normalized spacial score (nSPS) is 11.0. The number of carbonyl (C=O) groups is 1. The van der Waals surface area contributed by atoms with Crippen molar-refractivity contribution in [1.82, 2.24) is 4.98 Å². The van der Waals surface area contributed by atoms with Gasteiger partial charge in [-0.3, -0.25) is 9.69 Å². The van der Waals surface area contributed by atoms with Gasteiger partial charge in [-0.05, 0) is 49.2 Å². The fourth-order valence-corrected chi connectivity index (χ4v) is 4.04. The third kappa shape index (κ3) is 3.51. The van der Waals surface area contributed by atoms with Crippen molar-refractivity contribution in [2.24, 2.45) is 0 Å². The van der Waals surface area contributed by atoms with Crippen molar-refractivity contribution in [3.05, 3.63) is 83.3 Å². The van der Waals surface area contributed by atoms with Crippen molar-refractivity contribution in [1.29, 1.82) is 0 Å². The largest absolute Gasteiger partial charge is 0.467 e. The first-order chi connectivity index (χ1) is 13.2. The van der Waals surface area contributed by atoms with E-state index in [4.69, 9.17) is 9.40 Å². The maximum atomic E-state index is 13.3. The summed E-state index contributed by atoms with van der Waals surface area (Å²) in [6.07, 6.45) is 2.53. The van der Waals surface area contributed by atoms with Gasteiger partial charge in [-0.2, -0.15) is 0 Å². The van der Waals surface area contributed by atoms with Crippen LogP contribution in [0.4, 0.5) is 5.13 Å². The second kappa shape index (κ2) is 7.37. The van der Waals surface area contributed by atoms with E-state index >= 15 is 0 Å². The van der Waals surface area contributed by atoms with E-state index in [0.717, 1.165) is 28.0 Å². The zero-order valence-corrected chi connectivity index (χ0v) is 16.1. The van der Waals surface area contributed by atoms with Crippen LogP contribution in [0.3, 0.4) is 0 Å². The molecule has 1 amide bonds. The van der Waals surface area contributed by atoms with Crippen molar-refractivity contribution in [2.75, 3.05) is 4.90 Å². The van der Waals surface area contributed by atoms with Gasteiger partial charge in [-0.15, -0.1) is 0 Å². The molecule has 0 bridgehead atoms. The molecular weight excluding hydrogens is 356 g/mol. The first-order valence-electron chi connectivity index (χ1n) is 8.95. The summed E-state index contributed by atoms with van der Waals surface area (Å²) in [4.78, 5) is 19.8. The van der Waals surface area contributed by atoms with Crippen molar-refractivity contribution in [3.63, 3.8) is 0 Å². The van der Waals surface area contributed by atoms with E-state index in [9.17, 15) is 4.79 Å². The number of thiazole rings is 1. The number of hydrogen-bond acceptors (Lipinski definition) is 4. The van der Waals surface area contributed by atoms with E-state index in [-0.39, 0.29) is 5.91 Å². The number of benzene rings is 2. The number of furan rings is 1. The molecule has 0 aliphatic heterocycles. The van der Waals surface area contributed by atoms with E-state index < -0.39 is 0 Å². The molecule has 2 aromatic heterocycles. The zero-order chi connectivity index (χ0) is 18.8. The summed E-state index contributed by atoms with van der Waals surface area (Å²) < 4.78 is 6.58. The molecule has 2 aromatic carbocycles. The number of amides is 1. The lowest BCUT2D eigenvalue weighted by Crippen LogP contribution is -2.30. The predicted octanol–water partition coefficient (Wildman–Crippen LogP) is 5.61. The van der Waals surface area contributed by atoms with E-state index in [2.05, 4.69) is 19.1 Å². The van der Waals surface area contributed by atoms with Gasteiger partial charge in [-0.25, -0.2) is 4.98 Å². The number of hydrogen-bond donors (Lipinski definition) is 0. The Bertz CT molecular complexity index is 1070. The van der Waals surface area contributed by atoms with Crippen molar-refractivity contribution in [2.45, 2.75) is 26.8 Å². The van der Waals surface area contributed by atoms with Crippen LogP contribution >= 0.6 is 11.3 Å². The van der Waals surface area contributed by atoms with Gasteiger partial charge >= 0.3 is 0 Å². The minimum absolute atomic E-state index is 0.0801. The van der Waals surface area contributed by atoms with Gasteiger partial charge in [0.2, 0.25) is 0 Å². The zero-order valence-electron chi connectivity index (χ0n) is 15.3. The molecule has 4 rings (SSSR count). The van der Waals surface area contributed by atoms with Crippen LogP contribution < -0.4 is 4.90 Å². The van der Waals surface area contributed by atoms with Gasteiger partial charge in [-0.1, -0.05) is 48.1 Å². The Kier molecular flexibility index (Phi) is 4.77. The molecular formula is C22H20N2O2S. The molecule has 0 saturated heterocycles. The molecule has 0 N–H and O–H groups in total. The highest BCUT2D eigenvalue weighted by molar-refractivity contribution is 7.22. The minimum atomic E-state index is -0.0801. The Balaban J connectivity index is 1.78. The predicted molar refractivity (Wildman–Crippen MR) is 109 cm³/mol. The highest BCUT2D eigenvalue weighted by Crippen LogP contribution is 2.32. The SMILES string of the molecule is CCc1cccc2sc(N(Cc3ccco3)C(=O)c3ccc(C)cc3)nc12. The monoisotopic (exact) mass is 376 g/mol. The molecule has 0 aliphatic carbocycles. The molecule has 5 heteroatoms. The molecule has 0 radical (unpaired) electrons. The molecule has 4 aromatic rings. The third-order valence-electron chi connectivity index (χ3n) is 4.54. The summed E-state index contributed by atoms with van der Waals surface area (Å²) >= 11 is 1.54. The smallest absolute Gasteiger partial charge is 0.260 e. The second-order valence-electron chi connectivity index (χ2n) is 6.45. The first kappa shape index (κ1) is 17.5. The quantitative estimate of drug-likeness (QED) is 0.455. The number of aromatic nitrogens is 1. The van der Waals surface area contributed by atoms with Gasteiger partial charge in [0.05, 0.1) is 23.0 Å². The summed E-state index contributed by atoms with van der Waals surface area (Å²) in [5.41, 5.74) is 3.93. The highest BCUT2D eigenvalue weighted by Gasteiger charge is 2.23. The van der Waals surface area contributed by atoms with Crippen LogP contribution in [0.2, 0.25) is 0 Å². The van der Waals surface area contributed by atoms with Crippen LogP contribution in [0.15, 0.2) is 65.3 Å². The molecule has 136 valence electrons. The van der Waals surface area contributed by atoms with Crippen molar-refractivity contribution >= 4 is 32.6 Å². The molecule has 0 aliphatic rings. The van der Waals surface area contributed by atoms with Gasteiger partial charge in [0.1, 0.15) is 5.76 Å². The number of nitrogens with zero attached hydrogens (tertiary/aromatic N) is 2. The lowest BCUT2D eigenvalue weighted by Gasteiger charge is -2.19. The van der Waals surface area contributed by atoms with E-state index in [1.54, 1.807) is 11.2 Å². The van der Waals surface area contributed by atoms with Crippen LogP contribution in [0, 0.1) is 6.92 Å². The Morgan fingerprint density at radius 1 is 1.11 bits per heavy atom. The van der Waals surface area contributed by atoms with Gasteiger partial charge in [0, 0.05) is 5.56 Å². The Morgan fingerprint density at radius 2 is 1.93 bits per heavy atom. The van der Waals surface area contributed by atoms with Gasteiger partial charge in [0.25, 0.3) is 5.91 Å². The first-order valence-corrected chi connectivity index (χ1v) is 9.76. The number of fused-ring (bicyclic) bond motifs is 1. The molecule has 4 nitrogen and oxygen atoms in total. The molecule has 0 fully saturated rings. The molecule has 0 spiro atoms. The standard InChI is InChI=1S/C22H20N2O2S/c1-3-16-6-4-8-19-20(16)23-22(27-19)24(14-18-7-5-13-26-18)21(25)17-11-9-15(2)10-12-17/h4-13H,3,14H2,1-2H3. The second-order valence-corrected chi connectivity index (χ2v) is 7.46. The Morgan fingerprint density at radius 3 is 2.63 bits per heavy atom. The number of aryl methyl sites for hydroxylation is 2. The Hall–Kier alpha value is -2.92. The molecule has 0 unspecified atom stereocenters.